The summed E-state index contributed by atoms with van der Waals surface area (Å²) in [5.74, 6) is 0.506. The highest BCUT2D eigenvalue weighted by molar-refractivity contribution is 6.04. The highest BCUT2D eigenvalue weighted by Gasteiger charge is 2.56. The van der Waals surface area contributed by atoms with Crippen LogP contribution in [-0.2, 0) is 16.1 Å². The average molecular weight is 435 g/mol. The van der Waals surface area contributed by atoms with Crippen LogP contribution in [0.2, 0.25) is 0 Å². The molecular weight excluding hydrogens is 404 g/mol. The zero-order chi connectivity index (χ0) is 22.0. The summed E-state index contributed by atoms with van der Waals surface area (Å²) in [5, 5.41) is 4.99. The Balaban J connectivity index is 1.19. The van der Waals surface area contributed by atoms with Crippen molar-refractivity contribution in [2.24, 2.45) is 23.0 Å². The van der Waals surface area contributed by atoms with Crippen LogP contribution < -0.4 is 5.73 Å². The summed E-state index contributed by atoms with van der Waals surface area (Å²) in [6.45, 7) is 0.0212. The molecule has 2 amide bonds. The first-order valence-electron chi connectivity index (χ1n) is 12.0. The number of hydrogen-bond acceptors (Lipinski definition) is 4. The normalized spacial score (nSPS) is 29.8. The first-order chi connectivity index (χ1) is 15.4. The van der Waals surface area contributed by atoms with E-state index in [0.717, 1.165) is 19.3 Å². The number of carbonyl (C=O) groups is 3. The van der Waals surface area contributed by atoms with Gasteiger partial charge < -0.3 is 10.6 Å². The van der Waals surface area contributed by atoms with Crippen LogP contribution in [0.3, 0.4) is 0 Å². The topological polar surface area (TPSA) is 98.3 Å². The van der Waals surface area contributed by atoms with Crippen molar-refractivity contribution in [2.45, 2.75) is 76.4 Å². The number of Topliss-reactive ketones (excluding diaryl/α,β-unsaturated/α-hetero) is 1. The number of aromatic nitrogens is 2. The minimum Gasteiger partial charge on any atom is -0.364 e. The first-order valence-corrected chi connectivity index (χ1v) is 12.0. The minimum atomic E-state index is -0.607. The molecule has 2 heterocycles. The molecule has 0 radical (unpaired) electrons. The van der Waals surface area contributed by atoms with Gasteiger partial charge in [-0.1, -0.05) is 24.6 Å². The largest absolute Gasteiger partial charge is 0.364 e. The van der Waals surface area contributed by atoms with Crippen molar-refractivity contribution in [3.05, 3.63) is 30.0 Å². The second-order valence-corrected chi connectivity index (χ2v) is 10.6. The molecule has 1 aliphatic heterocycles. The number of primary amides is 1. The second kappa shape index (κ2) is 7.15. The van der Waals surface area contributed by atoms with E-state index in [0.29, 0.717) is 34.6 Å². The van der Waals surface area contributed by atoms with E-state index >= 15 is 0 Å². The van der Waals surface area contributed by atoms with Gasteiger partial charge >= 0.3 is 0 Å². The number of benzene rings is 1. The van der Waals surface area contributed by atoms with Crippen LogP contribution in [0.15, 0.2) is 24.3 Å². The molecule has 7 nitrogen and oxygen atoms in total. The quantitative estimate of drug-likeness (QED) is 0.755. The fraction of sp³-hybridized carbons (Fsp3) is 0.600. The van der Waals surface area contributed by atoms with E-state index in [1.165, 1.54) is 32.1 Å². The van der Waals surface area contributed by atoms with Crippen molar-refractivity contribution in [1.29, 1.82) is 0 Å². The van der Waals surface area contributed by atoms with Gasteiger partial charge in [-0.25, -0.2) is 0 Å². The number of nitrogens with zero attached hydrogens (tertiary/aromatic N) is 3. The van der Waals surface area contributed by atoms with Crippen molar-refractivity contribution in [3.63, 3.8) is 0 Å². The van der Waals surface area contributed by atoms with Gasteiger partial charge in [0.15, 0.2) is 11.5 Å². The molecule has 168 valence electrons. The van der Waals surface area contributed by atoms with E-state index in [1.807, 2.05) is 23.1 Å². The summed E-state index contributed by atoms with van der Waals surface area (Å²) in [4.78, 5) is 40.4. The Morgan fingerprint density at radius 2 is 1.94 bits per heavy atom. The van der Waals surface area contributed by atoms with Crippen LogP contribution in [0.5, 0.6) is 0 Å². The number of carbonyl (C=O) groups excluding carboxylic acids is 3. The van der Waals surface area contributed by atoms with Crippen molar-refractivity contribution in [3.8, 4) is 0 Å². The number of piperidine rings is 1. The number of nitrogens with two attached hydrogens (primary N) is 1. The maximum absolute atomic E-state index is 13.4. The monoisotopic (exact) mass is 434 g/mol. The zero-order valence-electron chi connectivity index (χ0n) is 18.3. The Hall–Kier alpha value is -2.70. The van der Waals surface area contributed by atoms with Crippen molar-refractivity contribution >= 4 is 28.5 Å². The summed E-state index contributed by atoms with van der Waals surface area (Å²) < 4.78 is 1.56. The van der Waals surface area contributed by atoms with E-state index in [9.17, 15) is 14.4 Å². The molecule has 2 N–H and O–H groups in total. The Morgan fingerprint density at radius 3 is 2.72 bits per heavy atom. The smallest absolute Gasteiger partial charge is 0.269 e. The van der Waals surface area contributed by atoms with Gasteiger partial charge in [0.1, 0.15) is 6.54 Å². The van der Waals surface area contributed by atoms with Crippen LogP contribution in [0.4, 0.5) is 0 Å². The lowest BCUT2D eigenvalue weighted by atomic mass is 9.76. The molecule has 1 spiro atoms. The molecule has 32 heavy (non-hydrogen) atoms. The number of rotatable bonds is 6. The fourth-order valence-corrected chi connectivity index (χ4v) is 6.55. The molecule has 6 rings (SSSR count). The molecule has 4 atom stereocenters. The molecule has 4 aliphatic rings. The SMILES string of the molecule is NC(=O)c1nn(CC(=O)N2[C@@H]3C[C@@H]3C[C@H]2C(=O)CC2CCCC3(CC3)C2)c2ccccc12. The standard InChI is InChI=1S/C25H30N4O3/c26-24(32)23-17-5-1-2-6-18(17)28(27-23)14-22(31)29-19-11-16(19)12-20(29)21(30)10-15-4-3-7-25(13-15)8-9-25/h1-2,5-6,15-16,19-20H,3-4,7-14H2,(H2,26,32)/t15?,16-,19-,20+/m1/s1. The predicted molar refractivity (Wildman–Crippen MR) is 119 cm³/mol. The van der Waals surface area contributed by atoms with Gasteiger partial charge in [-0.05, 0) is 68.3 Å². The summed E-state index contributed by atoms with van der Waals surface area (Å²) in [7, 11) is 0. The average Bonchev–Trinajstić information content (AvgIpc) is 3.64. The highest BCUT2D eigenvalue weighted by atomic mass is 16.2. The van der Waals surface area contributed by atoms with E-state index in [4.69, 9.17) is 5.73 Å². The number of likely N-dealkylation sites (tertiary alicyclic amines) is 1. The molecule has 7 heteroatoms. The molecule has 1 unspecified atom stereocenters. The van der Waals surface area contributed by atoms with Crippen LogP contribution in [-0.4, -0.2) is 44.4 Å². The third kappa shape index (κ3) is 3.33. The van der Waals surface area contributed by atoms with Gasteiger partial charge in [0.05, 0.1) is 11.6 Å². The lowest BCUT2D eigenvalue weighted by molar-refractivity contribution is -0.140. The van der Waals surface area contributed by atoms with Crippen LogP contribution in [0.25, 0.3) is 10.9 Å². The number of ketones is 1. The number of para-hydroxylation sites is 1. The first kappa shape index (κ1) is 19.9. The van der Waals surface area contributed by atoms with E-state index < -0.39 is 5.91 Å². The third-order valence-corrected chi connectivity index (χ3v) is 8.43. The van der Waals surface area contributed by atoms with Crippen molar-refractivity contribution < 1.29 is 14.4 Å². The van der Waals surface area contributed by atoms with Gasteiger partial charge in [-0.15, -0.1) is 0 Å². The van der Waals surface area contributed by atoms with Crippen LogP contribution >= 0.6 is 0 Å². The summed E-state index contributed by atoms with van der Waals surface area (Å²) >= 11 is 0. The molecule has 3 aliphatic carbocycles. The molecule has 3 saturated carbocycles. The van der Waals surface area contributed by atoms with Crippen molar-refractivity contribution in [1.82, 2.24) is 14.7 Å². The Morgan fingerprint density at radius 1 is 1.12 bits per heavy atom. The predicted octanol–water partition coefficient (Wildman–Crippen LogP) is 3.05. The maximum atomic E-state index is 13.4. The van der Waals surface area contributed by atoms with Gasteiger partial charge in [0.25, 0.3) is 5.91 Å². The molecule has 1 aromatic carbocycles. The molecule has 1 saturated heterocycles. The summed E-state index contributed by atoms with van der Waals surface area (Å²) in [6, 6.07) is 7.20. The van der Waals surface area contributed by atoms with Gasteiger partial charge in [-0.3, -0.25) is 19.1 Å². The van der Waals surface area contributed by atoms with E-state index in [-0.39, 0.29) is 36.0 Å². The van der Waals surface area contributed by atoms with Crippen LogP contribution in [0.1, 0.15) is 68.3 Å². The summed E-state index contributed by atoms with van der Waals surface area (Å²) in [6.07, 6.45) is 10.0. The maximum Gasteiger partial charge on any atom is 0.269 e. The molecule has 4 fully saturated rings. The minimum absolute atomic E-state index is 0.0212. The second-order valence-electron chi connectivity index (χ2n) is 10.6. The lowest BCUT2D eigenvalue weighted by Crippen LogP contribution is -2.45. The van der Waals surface area contributed by atoms with Crippen LogP contribution in [0, 0.1) is 17.3 Å². The van der Waals surface area contributed by atoms with Gasteiger partial charge in [0.2, 0.25) is 5.91 Å². The van der Waals surface area contributed by atoms with Gasteiger partial charge in [0, 0.05) is 17.8 Å². The molecule has 2 aromatic rings. The molecular formula is C25H30N4O3. The lowest BCUT2D eigenvalue weighted by Gasteiger charge is -2.31. The highest BCUT2D eigenvalue weighted by Crippen LogP contribution is 2.58. The number of fused-ring (bicyclic) bond motifs is 2. The Bertz CT molecular complexity index is 1120. The molecule has 0 bridgehead atoms. The zero-order valence-corrected chi connectivity index (χ0v) is 18.3. The Kier molecular flexibility index (Phi) is 4.46. The summed E-state index contributed by atoms with van der Waals surface area (Å²) in [5.41, 5.74) is 6.93. The number of amides is 2. The van der Waals surface area contributed by atoms with E-state index in [1.54, 1.807) is 10.7 Å². The fourth-order valence-electron chi connectivity index (χ4n) is 6.55. The molecule has 1 aromatic heterocycles. The van der Waals surface area contributed by atoms with E-state index in [2.05, 4.69) is 5.10 Å². The number of hydrogen-bond donors (Lipinski definition) is 1. The van der Waals surface area contributed by atoms with Crippen molar-refractivity contribution in [2.75, 3.05) is 0 Å². The third-order valence-electron chi connectivity index (χ3n) is 8.43. The van der Waals surface area contributed by atoms with Gasteiger partial charge in [-0.2, -0.15) is 5.10 Å². The Labute approximate surface area is 187 Å².